The number of rotatable bonds is 5. The summed E-state index contributed by atoms with van der Waals surface area (Å²) in [6.07, 6.45) is 9.83. The first kappa shape index (κ1) is 29.9. The Morgan fingerprint density at radius 2 is 1.61 bits per heavy atom. The van der Waals surface area contributed by atoms with Gasteiger partial charge in [0.05, 0.1) is 0 Å². The number of benzene rings is 2. The number of halogens is 2. The van der Waals surface area contributed by atoms with Crippen LogP contribution in [0.5, 0.6) is 0 Å². The first-order valence-electron chi connectivity index (χ1n) is 12.5. The van der Waals surface area contributed by atoms with Gasteiger partial charge in [-0.3, -0.25) is 6.67 Å². The first-order chi connectivity index (χ1) is 17.0. The maximum absolute atomic E-state index is 4.89. The zero-order valence-corrected chi connectivity index (χ0v) is 25.9. The summed E-state index contributed by atoms with van der Waals surface area (Å²) in [5, 5.41) is 9.23. The minimum absolute atomic E-state index is 0. The fourth-order valence-corrected chi connectivity index (χ4v) is 10.7. The molecule has 4 atom stereocenters. The topological polar surface area (TPSA) is 31.4 Å². The zero-order chi connectivity index (χ0) is 24.8. The van der Waals surface area contributed by atoms with E-state index in [1.807, 2.05) is 0 Å². The van der Waals surface area contributed by atoms with Crippen LogP contribution in [0.2, 0.25) is 18.6 Å². The van der Waals surface area contributed by atoms with E-state index < -0.39 is 25.3 Å². The van der Waals surface area contributed by atoms with Gasteiger partial charge in [0, 0.05) is 0 Å². The SMILES string of the molecule is CCC1CC2C(c3cccc(-c4ccccc4)c3)=CC=CC2C1[Si](C)(C)N1C[N-]C[N-]C1.[CH3-].[Cl][Ti+4][Cl]. The van der Waals surface area contributed by atoms with Crippen LogP contribution in [0.15, 0.2) is 72.8 Å². The molecule has 3 nitrogen and oxygen atoms in total. The third-order valence-corrected chi connectivity index (χ3v) is 12.6. The van der Waals surface area contributed by atoms with E-state index in [0.29, 0.717) is 18.5 Å². The standard InChI is InChI=1S/C28H35N3Si.CH3.2ClH.Ti/c1-4-21-17-27-25(24-13-8-12-23(16-24)22-10-6-5-7-11-22)14-9-15-26(27)28(21)32(2,3)31-19-29-18-30-20-31;;;;/h5-16,21,26-28H,4,17-20H2,1-3H3;1H3;2*1H;/q-2;-1;;;+6/p-2. The minimum atomic E-state index is -1.69. The number of nitrogens with zero attached hydrogens (tertiary/aromatic N) is 3. The van der Waals surface area contributed by atoms with Crippen LogP contribution in [-0.2, 0) is 17.0 Å². The molecule has 5 rings (SSSR count). The Morgan fingerprint density at radius 3 is 2.28 bits per heavy atom. The second kappa shape index (κ2) is 13.9. The number of hydrogen-bond donors (Lipinski definition) is 0. The summed E-state index contributed by atoms with van der Waals surface area (Å²) in [5.74, 6) is 2.02. The van der Waals surface area contributed by atoms with Crippen molar-refractivity contribution >= 4 is 32.4 Å². The van der Waals surface area contributed by atoms with Gasteiger partial charge in [0.15, 0.2) is 0 Å². The summed E-state index contributed by atoms with van der Waals surface area (Å²) in [6, 6.07) is 19.9. The van der Waals surface area contributed by atoms with Crippen molar-refractivity contribution in [1.82, 2.24) is 4.57 Å². The van der Waals surface area contributed by atoms with Crippen molar-refractivity contribution in [2.75, 3.05) is 20.0 Å². The predicted octanol–water partition coefficient (Wildman–Crippen LogP) is 9.31. The first-order valence-corrected chi connectivity index (χ1v) is 19.9. The van der Waals surface area contributed by atoms with Crippen molar-refractivity contribution in [3.05, 3.63) is 96.4 Å². The Bertz CT molecular complexity index is 1020. The summed E-state index contributed by atoms with van der Waals surface area (Å²) in [4.78, 5) is 0. The van der Waals surface area contributed by atoms with Gasteiger partial charge in [0.2, 0.25) is 0 Å². The fourth-order valence-electron chi connectivity index (χ4n) is 6.50. The van der Waals surface area contributed by atoms with Gasteiger partial charge in [-0.15, -0.1) is 13.3 Å². The van der Waals surface area contributed by atoms with Gasteiger partial charge in [-0.05, 0) is 58.0 Å². The van der Waals surface area contributed by atoms with Gasteiger partial charge >= 0.3 is 35.6 Å². The molecule has 1 saturated carbocycles. The summed E-state index contributed by atoms with van der Waals surface area (Å²) in [5.41, 5.74) is 6.28. The summed E-state index contributed by atoms with van der Waals surface area (Å²) in [6.45, 7) is 9.96. The molecule has 2 fully saturated rings. The van der Waals surface area contributed by atoms with Gasteiger partial charge in [0.1, 0.15) is 8.24 Å². The summed E-state index contributed by atoms with van der Waals surface area (Å²) in [7, 11) is 8.09. The van der Waals surface area contributed by atoms with Crippen molar-refractivity contribution in [3.63, 3.8) is 0 Å². The number of allylic oxidation sites excluding steroid dienone is 4. The van der Waals surface area contributed by atoms with Crippen LogP contribution in [0, 0.1) is 25.2 Å². The van der Waals surface area contributed by atoms with E-state index in [9.17, 15) is 0 Å². The second-order valence-electron chi connectivity index (χ2n) is 10.2. The van der Waals surface area contributed by atoms with Crippen molar-refractivity contribution in [3.8, 4) is 11.1 Å². The van der Waals surface area contributed by atoms with Crippen LogP contribution >= 0.6 is 18.6 Å². The number of hydrogen-bond acceptors (Lipinski definition) is 1. The van der Waals surface area contributed by atoms with E-state index in [1.165, 1.54) is 35.1 Å². The molecule has 1 heterocycles. The van der Waals surface area contributed by atoms with E-state index in [1.54, 1.807) is 0 Å². The molecular weight excluding hydrogens is 537 g/mol. The Hall–Kier alpha value is -0.689. The molecule has 1 aliphatic heterocycles. The molecule has 0 spiro atoms. The van der Waals surface area contributed by atoms with Crippen molar-refractivity contribution < 1.29 is 17.0 Å². The molecule has 0 amide bonds. The Balaban J connectivity index is 0.000000861. The van der Waals surface area contributed by atoms with Crippen molar-refractivity contribution in [2.24, 2.45) is 17.8 Å². The molecule has 0 radical (unpaired) electrons. The van der Waals surface area contributed by atoms with Gasteiger partial charge in [-0.25, -0.2) is 0 Å². The van der Waals surface area contributed by atoms with Crippen LogP contribution in [0.3, 0.4) is 0 Å². The van der Waals surface area contributed by atoms with E-state index in [2.05, 4.69) is 108 Å². The molecule has 3 aliphatic rings. The van der Waals surface area contributed by atoms with Crippen LogP contribution in [0.1, 0.15) is 25.3 Å². The third kappa shape index (κ3) is 6.47. The molecular formula is C29H38Cl2N3SiTi+. The normalized spacial score (nSPS) is 25.9. The summed E-state index contributed by atoms with van der Waals surface area (Å²) < 4.78 is 2.63. The van der Waals surface area contributed by atoms with E-state index >= 15 is 0 Å². The zero-order valence-electron chi connectivity index (χ0n) is 21.9. The molecule has 2 aromatic carbocycles. The molecule has 2 aromatic rings. The Kier molecular flexibility index (Phi) is 11.5. The van der Waals surface area contributed by atoms with Gasteiger partial charge in [-0.2, -0.15) is 0 Å². The Labute approximate surface area is 236 Å². The third-order valence-electron chi connectivity index (χ3n) is 8.15. The number of fused-ring (bicyclic) bond motifs is 1. The van der Waals surface area contributed by atoms with Crippen LogP contribution in [0.4, 0.5) is 0 Å². The molecule has 1 saturated heterocycles. The molecule has 4 unspecified atom stereocenters. The van der Waals surface area contributed by atoms with Crippen molar-refractivity contribution in [1.29, 1.82) is 0 Å². The molecule has 7 heteroatoms. The molecule has 0 aromatic heterocycles. The van der Waals surface area contributed by atoms with Gasteiger partial charge in [-0.1, -0.05) is 93.2 Å². The van der Waals surface area contributed by atoms with E-state index in [0.717, 1.165) is 24.8 Å². The average molecular weight is 576 g/mol. The second-order valence-corrected chi connectivity index (χ2v) is 17.4. The van der Waals surface area contributed by atoms with Gasteiger partial charge < -0.3 is 22.6 Å². The monoisotopic (exact) mass is 574 g/mol. The van der Waals surface area contributed by atoms with E-state index in [-0.39, 0.29) is 7.43 Å². The quantitative estimate of drug-likeness (QED) is 0.258. The van der Waals surface area contributed by atoms with Crippen LogP contribution in [0.25, 0.3) is 27.3 Å². The molecule has 0 N–H and O–H groups in total. The van der Waals surface area contributed by atoms with Crippen LogP contribution in [-0.4, -0.2) is 32.8 Å². The molecule has 0 bridgehead atoms. The summed E-state index contributed by atoms with van der Waals surface area (Å²) >= 11 is -0.556. The van der Waals surface area contributed by atoms with E-state index in [4.69, 9.17) is 18.6 Å². The molecule has 36 heavy (non-hydrogen) atoms. The average Bonchev–Trinajstić information content (AvgIpc) is 3.30. The van der Waals surface area contributed by atoms with Crippen LogP contribution < -0.4 is 0 Å². The molecule has 190 valence electrons. The predicted molar refractivity (Wildman–Crippen MR) is 157 cm³/mol. The van der Waals surface area contributed by atoms with Crippen molar-refractivity contribution in [2.45, 2.75) is 38.4 Å². The Morgan fingerprint density at radius 1 is 0.972 bits per heavy atom. The maximum atomic E-state index is 4.89. The van der Waals surface area contributed by atoms with Gasteiger partial charge in [0.25, 0.3) is 0 Å². The molecule has 2 aliphatic carbocycles. The fraction of sp³-hybridized carbons (Fsp3) is 0.414.